The summed E-state index contributed by atoms with van der Waals surface area (Å²) in [5.74, 6) is -0.0932. The van der Waals surface area contributed by atoms with Crippen LogP contribution in [-0.4, -0.2) is 12.1 Å². The van der Waals surface area contributed by atoms with E-state index in [2.05, 4.69) is 11.9 Å². The van der Waals surface area contributed by atoms with Crippen LogP contribution in [-0.2, 0) is 4.79 Å². The maximum absolute atomic E-state index is 10.4. The Morgan fingerprint density at radius 3 is 2.33 bits per heavy atom. The molecule has 0 radical (unpaired) electrons. The van der Waals surface area contributed by atoms with Gasteiger partial charge in [-0.05, 0) is 6.92 Å². The van der Waals surface area contributed by atoms with Crippen molar-refractivity contribution in [2.24, 2.45) is 11.5 Å². The Morgan fingerprint density at radius 2 is 2.08 bits per heavy atom. The first kappa shape index (κ1) is 10.2. The first-order valence-corrected chi connectivity index (χ1v) is 3.21. The zero-order valence-corrected chi connectivity index (χ0v) is 6.85. The third kappa shape index (κ3) is 2.87. The van der Waals surface area contributed by atoms with E-state index in [4.69, 9.17) is 16.9 Å². The van der Waals surface area contributed by atoms with Crippen molar-refractivity contribution in [3.8, 4) is 0 Å². The quantitative estimate of drug-likeness (QED) is 0.195. The van der Waals surface area contributed by atoms with E-state index >= 15 is 0 Å². The fraction of sp³-hybridized carbons (Fsp3) is 0.143. The molecule has 0 spiro atoms. The average Bonchev–Trinajstić information content (AvgIpc) is 1.85. The molecule has 6 N–H and O–H groups in total. The van der Waals surface area contributed by atoms with E-state index in [0.29, 0.717) is 12.0 Å². The maximum Gasteiger partial charge on any atom is 0.155 e. The summed E-state index contributed by atoms with van der Waals surface area (Å²) in [6.45, 7) is 4.96. The number of rotatable bonds is 4. The largest absolute Gasteiger partial charge is 0.386 e. The molecule has 0 aromatic carbocycles. The zero-order chi connectivity index (χ0) is 9.72. The number of nitrogens with one attached hydrogen (secondary N) is 2. The van der Waals surface area contributed by atoms with Crippen LogP contribution in [0.4, 0.5) is 0 Å². The molecule has 0 bridgehead atoms. The standard InChI is InChI=1S/C7H12N4O/c1-4(11-5(2)8)6(3-12)7(9)10/h3,11H,2,8H2,1H3,(H3,9,10). The fourth-order valence-electron chi connectivity index (χ4n) is 0.662. The zero-order valence-electron chi connectivity index (χ0n) is 6.85. The van der Waals surface area contributed by atoms with E-state index < -0.39 is 0 Å². The van der Waals surface area contributed by atoms with E-state index in [1.165, 1.54) is 0 Å². The summed E-state index contributed by atoms with van der Waals surface area (Å²) in [5, 5.41) is 9.59. The molecule has 0 aliphatic carbocycles. The van der Waals surface area contributed by atoms with Gasteiger partial charge in [-0.3, -0.25) is 10.2 Å². The molecule has 0 rings (SSSR count). The molecule has 0 unspecified atom stereocenters. The molecule has 0 aliphatic heterocycles. The van der Waals surface area contributed by atoms with E-state index in [0.717, 1.165) is 0 Å². The van der Waals surface area contributed by atoms with Crippen LogP contribution in [0.5, 0.6) is 0 Å². The lowest BCUT2D eigenvalue weighted by Crippen LogP contribution is -2.23. The van der Waals surface area contributed by atoms with Gasteiger partial charge in [-0.2, -0.15) is 0 Å². The van der Waals surface area contributed by atoms with Crippen LogP contribution >= 0.6 is 0 Å². The van der Waals surface area contributed by atoms with Gasteiger partial charge in [-0.25, -0.2) is 0 Å². The van der Waals surface area contributed by atoms with E-state index in [1.807, 2.05) is 0 Å². The topological polar surface area (TPSA) is 105 Å². The minimum absolute atomic E-state index is 0.0848. The molecular formula is C7H12N4O. The molecule has 5 nitrogen and oxygen atoms in total. The van der Waals surface area contributed by atoms with E-state index in [1.54, 1.807) is 6.92 Å². The van der Waals surface area contributed by atoms with Gasteiger partial charge in [-0.1, -0.05) is 6.58 Å². The fourth-order valence-corrected chi connectivity index (χ4v) is 0.662. The third-order valence-corrected chi connectivity index (χ3v) is 1.16. The van der Waals surface area contributed by atoms with Crippen LogP contribution in [0.15, 0.2) is 23.7 Å². The second-order valence-corrected chi connectivity index (χ2v) is 2.22. The van der Waals surface area contributed by atoms with Crippen molar-refractivity contribution >= 4 is 12.1 Å². The van der Waals surface area contributed by atoms with Crippen molar-refractivity contribution < 1.29 is 4.79 Å². The second-order valence-electron chi connectivity index (χ2n) is 2.22. The highest BCUT2D eigenvalue weighted by molar-refractivity contribution is 6.11. The minimum atomic E-state index is -0.295. The number of hydrogen-bond acceptors (Lipinski definition) is 4. The maximum atomic E-state index is 10.4. The van der Waals surface area contributed by atoms with Gasteiger partial charge in [0, 0.05) is 5.70 Å². The van der Waals surface area contributed by atoms with Gasteiger partial charge in [-0.15, -0.1) is 0 Å². The Labute approximate surface area is 70.6 Å². The Morgan fingerprint density at radius 1 is 1.58 bits per heavy atom. The number of aldehydes is 1. The Hall–Kier alpha value is -1.78. The van der Waals surface area contributed by atoms with Crippen molar-refractivity contribution in [1.82, 2.24) is 5.32 Å². The number of carbonyl (C=O) groups excluding carboxylic acids is 1. The molecule has 0 saturated carbocycles. The number of allylic oxidation sites excluding steroid dienone is 1. The van der Waals surface area contributed by atoms with Gasteiger partial charge in [0.25, 0.3) is 0 Å². The van der Waals surface area contributed by atoms with Crippen LogP contribution in [0, 0.1) is 5.41 Å². The highest BCUT2D eigenvalue weighted by atomic mass is 16.1. The summed E-state index contributed by atoms with van der Waals surface area (Å²) in [7, 11) is 0. The molecule has 0 atom stereocenters. The molecule has 0 aromatic heterocycles. The highest BCUT2D eigenvalue weighted by Gasteiger charge is 2.03. The van der Waals surface area contributed by atoms with Crippen molar-refractivity contribution in [1.29, 1.82) is 5.41 Å². The number of hydrogen-bond donors (Lipinski definition) is 4. The van der Waals surface area contributed by atoms with Crippen molar-refractivity contribution in [3.63, 3.8) is 0 Å². The summed E-state index contributed by atoms with van der Waals surface area (Å²) in [4.78, 5) is 10.4. The molecule has 12 heavy (non-hydrogen) atoms. The lowest BCUT2D eigenvalue weighted by Gasteiger charge is -2.07. The van der Waals surface area contributed by atoms with Crippen LogP contribution < -0.4 is 16.8 Å². The molecule has 0 aliphatic rings. The number of amidine groups is 1. The Bertz CT molecular complexity index is 254. The third-order valence-electron chi connectivity index (χ3n) is 1.16. The molecular weight excluding hydrogens is 156 g/mol. The molecule has 0 heterocycles. The van der Waals surface area contributed by atoms with Gasteiger partial charge in [0.05, 0.1) is 11.4 Å². The van der Waals surface area contributed by atoms with E-state index in [-0.39, 0.29) is 17.2 Å². The van der Waals surface area contributed by atoms with Gasteiger partial charge < -0.3 is 16.8 Å². The first-order chi connectivity index (χ1) is 5.49. The SMILES string of the molecule is C=C(N)NC(C)=C(C=O)C(=N)N. The summed E-state index contributed by atoms with van der Waals surface area (Å²) >= 11 is 0. The summed E-state index contributed by atoms with van der Waals surface area (Å²) in [5.41, 5.74) is 10.8. The smallest absolute Gasteiger partial charge is 0.155 e. The van der Waals surface area contributed by atoms with Crippen LogP contribution in [0.3, 0.4) is 0 Å². The van der Waals surface area contributed by atoms with Gasteiger partial charge in [0.2, 0.25) is 0 Å². The van der Waals surface area contributed by atoms with Gasteiger partial charge in [0.15, 0.2) is 6.29 Å². The lowest BCUT2D eigenvalue weighted by molar-refractivity contribution is -0.104. The molecule has 0 fully saturated rings. The van der Waals surface area contributed by atoms with Gasteiger partial charge >= 0.3 is 0 Å². The van der Waals surface area contributed by atoms with Crippen LogP contribution in [0.1, 0.15) is 6.92 Å². The Kier molecular flexibility index (Phi) is 3.55. The molecule has 5 heteroatoms. The van der Waals surface area contributed by atoms with Crippen molar-refractivity contribution in [2.75, 3.05) is 0 Å². The first-order valence-electron chi connectivity index (χ1n) is 3.21. The number of nitrogens with two attached hydrogens (primary N) is 2. The monoisotopic (exact) mass is 168 g/mol. The normalized spacial score (nSPS) is 11.4. The minimum Gasteiger partial charge on any atom is -0.386 e. The van der Waals surface area contributed by atoms with Crippen molar-refractivity contribution in [3.05, 3.63) is 23.7 Å². The predicted octanol–water partition coefficient (Wildman–Crippen LogP) is -0.585. The number of carbonyl (C=O) groups is 1. The lowest BCUT2D eigenvalue weighted by atomic mass is 10.2. The summed E-state index contributed by atoms with van der Waals surface area (Å²) in [6, 6.07) is 0. The second kappa shape index (κ2) is 4.17. The molecule has 66 valence electrons. The van der Waals surface area contributed by atoms with Crippen LogP contribution in [0.2, 0.25) is 0 Å². The Balaban J connectivity index is 4.72. The molecule has 0 saturated heterocycles. The van der Waals surface area contributed by atoms with Gasteiger partial charge in [0.1, 0.15) is 5.84 Å². The predicted molar refractivity (Wildman–Crippen MR) is 47.1 cm³/mol. The molecule has 0 amide bonds. The van der Waals surface area contributed by atoms with Crippen LogP contribution in [0.25, 0.3) is 0 Å². The highest BCUT2D eigenvalue weighted by Crippen LogP contribution is 1.97. The summed E-state index contributed by atoms with van der Waals surface area (Å²) in [6.07, 6.45) is 0.494. The molecule has 0 aromatic rings. The van der Waals surface area contributed by atoms with Crippen molar-refractivity contribution in [2.45, 2.75) is 6.92 Å². The van der Waals surface area contributed by atoms with E-state index in [9.17, 15) is 4.79 Å². The summed E-state index contributed by atoms with van der Waals surface area (Å²) < 4.78 is 0. The average molecular weight is 168 g/mol.